The maximum atomic E-state index is 11.7. The predicted octanol–water partition coefficient (Wildman–Crippen LogP) is 0.263. The second-order valence-electron chi connectivity index (χ2n) is 4.78. The Morgan fingerprint density at radius 2 is 2.19 bits per heavy atom. The van der Waals surface area contributed by atoms with Gasteiger partial charge in [-0.05, 0) is 38.1 Å². The molecule has 1 amide bonds. The molecule has 1 unspecified atom stereocenters. The Kier molecular flexibility index (Phi) is 3.76. The lowest BCUT2D eigenvalue weighted by molar-refractivity contribution is -0.122. The third-order valence-electron chi connectivity index (χ3n) is 3.32. The van der Waals surface area contributed by atoms with Crippen LogP contribution in [-0.2, 0) is 4.79 Å². The molecule has 1 aliphatic heterocycles. The van der Waals surface area contributed by atoms with Crippen LogP contribution >= 0.6 is 12.2 Å². The lowest BCUT2D eigenvalue weighted by Crippen LogP contribution is -2.44. The minimum atomic E-state index is 0.107. The molecular weight excluding hydrogens is 222 g/mol. The summed E-state index contributed by atoms with van der Waals surface area (Å²) < 4.78 is 0. The maximum absolute atomic E-state index is 11.7. The van der Waals surface area contributed by atoms with E-state index in [2.05, 4.69) is 10.2 Å². The Bertz CT molecular complexity index is 291. The summed E-state index contributed by atoms with van der Waals surface area (Å²) in [7, 11) is 0. The molecule has 0 aromatic rings. The molecule has 0 bridgehead atoms. The highest BCUT2D eigenvalue weighted by molar-refractivity contribution is 7.80. The first-order valence-electron chi connectivity index (χ1n) is 5.97. The second kappa shape index (κ2) is 5.10. The minimum absolute atomic E-state index is 0.107. The Balaban J connectivity index is 1.74. The van der Waals surface area contributed by atoms with Crippen molar-refractivity contribution in [3.8, 4) is 0 Å². The molecule has 1 saturated carbocycles. The molecule has 1 saturated heterocycles. The third-order valence-corrected chi connectivity index (χ3v) is 3.60. The number of nitrogens with two attached hydrogens (primary N) is 1. The molecule has 0 spiro atoms. The van der Waals surface area contributed by atoms with E-state index in [-0.39, 0.29) is 11.9 Å². The lowest BCUT2D eigenvalue weighted by atomic mass is 10.2. The molecular formula is C11H19N3OS. The fourth-order valence-corrected chi connectivity index (χ4v) is 2.43. The van der Waals surface area contributed by atoms with Gasteiger partial charge in [0.15, 0.2) is 0 Å². The Hall–Kier alpha value is -0.680. The Labute approximate surface area is 102 Å². The molecule has 2 aliphatic rings. The number of nitrogens with one attached hydrogen (secondary N) is 1. The van der Waals surface area contributed by atoms with Crippen LogP contribution in [0.1, 0.15) is 25.7 Å². The summed E-state index contributed by atoms with van der Waals surface area (Å²) in [5, 5.41) is 2.97. The average molecular weight is 241 g/mol. The predicted molar refractivity (Wildman–Crippen MR) is 67.1 cm³/mol. The van der Waals surface area contributed by atoms with E-state index in [0.717, 1.165) is 31.8 Å². The van der Waals surface area contributed by atoms with Gasteiger partial charge in [0.05, 0.1) is 17.6 Å². The molecule has 2 rings (SSSR count). The van der Waals surface area contributed by atoms with E-state index in [1.807, 2.05) is 0 Å². The molecule has 3 N–H and O–H groups in total. The van der Waals surface area contributed by atoms with Gasteiger partial charge in [-0.15, -0.1) is 0 Å². The van der Waals surface area contributed by atoms with Gasteiger partial charge in [-0.25, -0.2) is 0 Å². The molecule has 1 atom stereocenters. The normalized spacial score (nSPS) is 25.6. The SMILES string of the molecule is NC(=S)C1CCCN1CC(=O)NCC1CC1. The van der Waals surface area contributed by atoms with Gasteiger partial charge in [0, 0.05) is 6.54 Å². The van der Waals surface area contributed by atoms with Crippen molar-refractivity contribution in [3.63, 3.8) is 0 Å². The number of likely N-dealkylation sites (tertiary alicyclic amines) is 1. The lowest BCUT2D eigenvalue weighted by Gasteiger charge is -2.22. The van der Waals surface area contributed by atoms with E-state index in [4.69, 9.17) is 18.0 Å². The van der Waals surface area contributed by atoms with Crippen LogP contribution in [0, 0.1) is 5.92 Å². The van der Waals surface area contributed by atoms with Gasteiger partial charge in [-0.2, -0.15) is 0 Å². The molecule has 5 heteroatoms. The van der Waals surface area contributed by atoms with Crippen molar-refractivity contribution in [2.45, 2.75) is 31.7 Å². The van der Waals surface area contributed by atoms with E-state index in [9.17, 15) is 4.79 Å². The smallest absolute Gasteiger partial charge is 0.234 e. The molecule has 1 heterocycles. The van der Waals surface area contributed by atoms with E-state index < -0.39 is 0 Å². The van der Waals surface area contributed by atoms with Gasteiger partial charge in [0.25, 0.3) is 0 Å². The molecule has 1 aliphatic carbocycles. The van der Waals surface area contributed by atoms with Crippen LogP contribution in [0.4, 0.5) is 0 Å². The highest BCUT2D eigenvalue weighted by atomic mass is 32.1. The summed E-state index contributed by atoms with van der Waals surface area (Å²) in [6.07, 6.45) is 4.60. The summed E-state index contributed by atoms with van der Waals surface area (Å²) in [4.78, 5) is 14.3. The quantitative estimate of drug-likeness (QED) is 0.678. The molecule has 2 fully saturated rings. The fourth-order valence-electron chi connectivity index (χ4n) is 2.16. The van der Waals surface area contributed by atoms with Crippen molar-refractivity contribution in [3.05, 3.63) is 0 Å². The van der Waals surface area contributed by atoms with Crippen LogP contribution < -0.4 is 11.1 Å². The summed E-state index contributed by atoms with van der Waals surface area (Å²) in [5.41, 5.74) is 5.65. The first kappa shape index (κ1) is 11.8. The number of hydrogen-bond acceptors (Lipinski definition) is 3. The zero-order valence-corrected chi connectivity index (χ0v) is 10.3. The van der Waals surface area contributed by atoms with Gasteiger partial charge in [0.1, 0.15) is 0 Å². The van der Waals surface area contributed by atoms with Crippen molar-refractivity contribution in [2.24, 2.45) is 11.7 Å². The first-order valence-corrected chi connectivity index (χ1v) is 6.37. The molecule has 0 aromatic heterocycles. The number of amides is 1. The molecule has 90 valence electrons. The number of carbonyl (C=O) groups excluding carboxylic acids is 1. The van der Waals surface area contributed by atoms with Gasteiger partial charge in [0.2, 0.25) is 5.91 Å². The van der Waals surface area contributed by atoms with Crippen LogP contribution in [0.15, 0.2) is 0 Å². The first-order chi connectivity index (χ1) is 7.66. The molecule has 16 heavy (non-hydrogen) atoms. The minimum Gasteiger partial charge on any atom is -0.392 e. The van der Waals surface area contributed by atoms with Crippen molar-refractivity contribution >= 4 is 23.1 Å². The van der Waals surface area contributed by atoms with Crippen LogP contribution in [0.25, 0.3) is 0 Å². The van der Waals surface area contributed by atoms with Gasteiger partial charge in [-0.3, -0.25) is 9.69 Å². The topological polar surface area (TPSA) is 58.4 Å². The summed E-state index contributed by atoms with van der Waals surface area (Å²) >= 11 is 5.01. The van der Waals surface area contributed by atoms with Gasteiger partial charge >= 0.3 is 0 Å². The second-order valence-corrected chi connectivity index (χ2v) is 5.25. The van der Waals surface area contributed by atoms with Crippen molar-refractivity contribution in [1.82, 2.24) is 10.2 Å². The van der Waals surface area contributed by atoms with Crippen molar-refractivity contribution in [1.29, 1.82) is 0 Å². The van der Waals surface area contributed by atoms with E-state index in [0.29, 0.717) is 11.5 Å². The standard InChI is InChI=1S/C11H19N3OS/c12-11(16)9-2-1-5-14(9)7-10(15)13-6-8-3-4-8/h8-9H,1-7H2,(H2,12,16)(H,13,15). The maximum Gasteiger partial charge on any atom is 0.234 e. The van der Waals surface area contributed by atoms with Crippen LogP contribution in [0.5, 0.6) is 0 Å². The molecule has 0 aromatic carbocycles. The van der Waals surface area contributed by atoms with Crippen LogP contribution in [-0.4, -0.2) is 41.5 Å². The van der Waals surface area contributed by atoms with E-state index >= 15 is 0 Å². The van der Waals surface area contributed by atoms with Gasteiger partial charge < -0.3 is 11.1 Å². The Morgan fingerprint density at radius 3 is 2.81 bits per heavy atom. The molecule has 0 radical (unpaired) electrons. The highest BCUT2D eigenvalue weighted by Crippen LogP contribution is 2.27. The Morgan fingerprint density at radius 1 is 1.44 bits per heavy atom. The number of hydrogen-bond donors (Lipinski definition) is 2. The zero-order chi connectivity index (χ0) is 11.5. The van der Waals surface area contributed by atoms with Crippen LogP contribution in [0.3, 0.4) is 0 Å². The van der Waals surface area contributed by atoms with Crippen molar-refractivity contribution < 1.29 is 4.79 Å². The van der Waals surface area contributed by atoms with Crippen molar-refractivity contribution in [2.75, 3.05) is 19.6 Å². The van der Waals surface area contributed by atoms with E-state index in [1.165, 1.54) is 12.8 Å². The summed E-state index contributed by atoms with van der Waals surface area (Å²) in [6, 6.07) is 0.127. The summed E-state index contributed by atoms with van der Waals surface area (Å²) in [5.74, 6) is 0.837. The van der Waals surface area contributed by atoms with Crippen LogP contribution in [0.2, 0.25) is 0 Å². The van der Waals surface area contributed by atoms with Gasteiger partial charge in [-0.1, -0.05) is 12.2 Å². The number of rotatable bonds is 5. The van der Waals surface area contributed by atoms with E-state index in [1.54, 1.807) is 0 Å². The zero-order valence-electron chi connectivity index (χ0n) is 9.45. The average Bonchev–Trinajstić information content (AvgIpc) is 2.95. The largest absolute Gasteiger partial charge is 0.392 e. The number of thiocarbonyl (C=S) groups is 1. The summed E-state index contributed by atoms with van der Waals surface area (Å²) in [6.45, 7) is 2.21. The fraction of sp³-hybridized carbons (Fsp3) is 0.818. The number of carbonyl (C=O) groups is 1. The monoisotopic (exact) mass is 241 g/mol. The third kappa shape index (κ3) is 3.15. The highest BCUT2D eigenvalue weighted by Gasteiger charge is 2.28. The number of nitrogens with zero attached hydrogens (tertiary/aromatic N) is 1. The molecule has 4 nitrogen and oxygen atoms in total.